The van der Waals surface area contributed by atoms with Gasteiger partial charge in [-0.1, -0.05) is 0 Å². The van der Waals surface area contributed by atoms with E-state index in [1.54, 1.807) is 4.68 Å². The molecule has 0 aliphatic carbocycles. The summed E-state index contributed by atoms with van der Waals surface area (Å²) in [5.41, 5.74) is 9.76. The van der Waals surface area contributed by atoms with E-state index in [1.807, 2.05) is 44.4 Å². The zero-order valence-corrected chi connectivity index (χ0v) is 9.57. The van der Waals surface area contributed by atoms with Gasteiger partial charge >= 0.3 is 0 Å². The number of anilines is 2. The average molecular weight is 216 g/mol. The summed E-state index contributed by atoms with van der Waals surface area (Å²) in [5, 5.41) is 7.64. The van der Waals surface area contributed by atoms with Gasteiger partial charge in [0.15, 0.2) is 0 Å². The maximum absolute atomic E-state index is 5.69. The Kier molecular flexibility index (Phi) is 2.81. The Hall–Kier alpha value is -1.97. The minimum absolute atomic E-state index is 0.728. The molecule has 4 heteroatoms. The molecule has 1 aromatic carbocycles. The predicted octanol–water partition coefficient (Wildman–Crippen LogP) is 1.92. The van der Waals surface area contributed by atoms with Gasteiger partial charge < -0.3 is 11.1 Å². The highest BCUT2D eigenvalue weighted by molar-refractivity contribution is 5.57. The maximum Gasteiger partial charge on any atom is 0.0815 e. The third kappa shape index (κ3) is 2.34. The van der Waals surface area contributed by atoms with Crippen LogP contribution in [0.4, 0.5) is 11.4 Å². The van der Waals surface area contributed by atoms with Gasteiger partial charge in [-0.3, -0.25) is 4.68 Å². The number of hydrogen-bond acceptors (Lipinski definition) is 3. The van der Waals surface area contributed by atoms with Crippen molar-refractivity contribution in [2.75, 3.05) is 11.1 Å². The molecule has 4 nitrogen and oxygen atoms in total. The van der Waals surface area contributed by atoms with Crippen LogP contribution in [-0.4, -0.2) is 9.78 Å². The molecule has 0 spiro atoms. The molecule has 0 aliphatic rings. The molecule has 0 radical (unpaired) electrons. The second-order valence-electron chi connectivity index (χ2n) is 3.91. The largest absolute Gasteiger partial charge is 0.399 e. The number of aryl methyl sites for hydroxylation is 2. The smallest absolute Gasteiger partial charge is 0.0815 e. The van der Waals surface area contributed by atoms with E-state index in [-0.39, 0.29) is 0 Å². The summed E-state index contributed by atoms with van der Waals surface area (Å²) in [4.78, 5) is 0. The van der Waals surface area contributed by atoms with Gasteiger partial charge in [0.1, 0.15) is 0 Å². The fourth-order valence-corrected chi connectivity index (χ4v) is 1.63. The normalized spacial score (nSPS) is 10.4. The Labute approximate surface area is 95.1 Å². The van der Waals surface area contributed by atoms with E-state index in [9.17, 15) is 0 Å². The standard InChI is InChI=1S/C12H16N4/c1-9-7-10(13)3-4-12(9)14-8-11-5-6-16(2)15-11/h3-7,14H,8,13H2,1-2H3. The van der Waals surface area contributed by atoms with E-state index < -0.39 is 0 Å². The SMILES string of the molecule is Cc1cc(N)ccc1NCc1ccn(C)n1. The Morgan fingerprint density at radius 1 is 1.38 bits per heavy atom. The van der Waals surface area contributed by atoms with Gasteiger partial charge in [0.2, 0.25) is 0 Å². The molecule has 0 unspecified atom stereocenters. The first-order valence-corrected chi connectivity index (χ1v) is 5.23. The lowest BCUT2D eigenvalue weighted by molar-refractivity contribution is 0.747. The highest BCUT2D eigenvalue weighted by Crippen LogP contribution is 2.18. The van der Waals surface area contributed by atoms with Gasteiger partial charge in [0, 0.05) is 24.6 Å². The number of nitrogen functional groups attached to an aromatic ring is 1. The summed E-state index contributed by atoms with van der Waals surface area (Å²) in [6, 6.07) is 7.85. The van der Waals surface area contributed by atoms with E-state index in [0.29, 0.717) is 0 Å². The fraction of sp³-hybridized carbons (Fsp3) is 0.250. The Morgan fingerprint density at radius 3 is 2.81 bits per heavy atom. The van der Waals surface area contributed by atoms with Crippen molar-refractivity contribution in [1.82, 2.24) is 9.78 Å². The Morgan fingerprint density at radius 2 is 2.19 bits per heavy atom. The maximum atomic E-state index is 5.69. The highest BCUT2D eigenvalue weighted by Gasteiger charge is 2.00. The van der Waals surface area contributed by atoms with Gasteiger partial charge in [-0.2, -0.15) is 5.10 Å². The van der Waals surface area contributed by atoms with Gasteiger partial charge in [-0.05, 0) is 36.8 Å². The van der Waals surface area contributed by atoms with E-state index in [1.165, 1.54) is 0 Å². The van der Waals surface area contributed by atoms with Crippen LogP contribution < -0.4 is 11.1 Å². The van der Waals surface area contributed by atoms with Crippen molar-refractivity contribution < 1.29 is 0 Å². The van der Waals surface area contributed by atoms with Crippen LogP contribution in [0.1, 0.15) is 11.3 Å². The molecule has 84 valence electrons. The monoisotopic (exact) mass is 216 g/mol. The van der Waals surface area contributed by atoms with Crippen molar-refractivity contribution in [3.63, 3.8) is 0 Å². The summed E-state index contributed by atoms with van der Waals surface area (Å²) in [6.07, 6.45) is 1.94. The zero-order valence-electron chi connectivity index (χ0n) is 9.57. The molecule has 0 amide bonds. The lowest BCUT2D eigenvalue weighted by Crippen LogP contribution is -2.02. The molecule has 0 fully saturated rings. The zero-order chi connectivity index (χ0) is 11.5. The molecule has 0 bridgehead atoms. The number of hydrogen-bond donors (Lipinski definition) is 2. The van der Waals surface area contributed by atoms with Crippen LogP contribution in [0.25, 0.3) is 0 Å². The molecule has 1 heterocycles. The van der Waals surface area contributed by atoms with Crippen LogP contribution in [0.5, 0.6) is 0 Å². The summed E-state index contributed by atoms with van der Waals surface area (Å²) in [5.74, 6) is 0. The van der Waals surface area contributed by atoms with Crippen molar-refractivity contribution in [1.29, 1.82) is 0 Å². The highest BCUT2D eigenvalue weighted by atomic mass is 15.3. The Balaban J connectivity index is 2.04. The van der Waals surface area contributed by atoms with Crippen molar-refractivity contribution in [2.45, 2.75) is 13.5 Å². The van der Waals surface area contributed by atoms with Crippen LogP contribution in [0.15, 0.2) is 30.5 Å². The van der Waals surface area contributed by atoms with E-state index >= 15 is 0 Å². The first kappa shape index (κ1) is 10.5. The minimum Gasteiger partial charge on any atom is -0.399 e. The first-order valence-electron chi connectivity index (χ1n) is 5.23. The average Bonchev–Trinajstić information content (AvgIpc) is 2.63. The third-order valence-electron chi connectivity index (χ3n) is 2.48. The van der Waals surface area contributed by atoms with E-state index in [0.717, 1.165) is 29.2 Å². The fourth-order valence-electron chi connectivity index (χ4n) is 1.63. The number of benzene rings is 1. The van der Waals surface area contributed by atoms with Gasteiger partial charge in [0.05, 0.1) is 12.2 Å². The Bertz CT molecular complexity index is 488. The lowest BCUT2D eigenvalue weighted by atomic mass is 10.2. The lowest BCUT2D eigenvalue weighted by Gasteiger charge is -2.08. The molecule has 1 aromatic heterocycles. The molecule has 0 saturated heterocycles. The molecule has 0 atom stereocenters. The first-order chi connectivity index (χ1) is 7.65. The number of nitrogens with zero attached hydrogens (tertiary/aromatic N) is 2. The molecular formula is C12H16N4. The van der Waals surface area contributed by atoms with Crippen LogP contribution in [-0.2, 0) is 13.6 Å². The number of nitrogens with one attached hydrogen (secondary N) is 1. The molecule has 2 rings (SSSR count). The van der Waals surface area contributed by atoms with Crippen LogP contribution in [0.3, 0.4) is 0 Å². The summed E-state index contributed by atoms with van der Waals surface area (Å²) in [6.45, 7) is 2.77. The topological polar surface area (TPSA) is 55.9 Å². The van der Waals surface area contributed by atoms with Crippen molar-refractivity contribution in [2.24, 2.45) is 7.05 Å². The van der Waals surface area contributed by atoms with Crippen molar-refractivity contribution in [3.8, 4) is 0 Å². The molecular weight excluding hydrogens is 200 g/mol. The molecule has 16 heavy (non-hydrogen) atoms. The van der Waals surface area contributed by atoms with Crippen LogP contribution in [0.2, 0.25) is 0 Å². The quantitative estimate of drug-likeness (QED) is 0.771. The third-order valence-corrected chi connectivity index (χ3v) is 2.48. The van der Waals surface area contributed by atoms with E-state index in [4.69, 9.17) is 5.73 Å². The second kappa shape index (κ2) is 4.26. The molecule has 3 N–H and O–H groups in total. The minimum atomic E-state index is 0.728. The summed E-state index contributed by atoms with van der Waals surface area (Å²) >= 11 is 0. The summed E-state index contributed by atoms with van der Waals surface area (Å²) < 4.78 is 1.80. The van der Waals surface area contributed by atoms with Crippen LogP contribution >= 0.6 is 0 Å². The second-order valence-corrected chi connectivity index (χ2v) is 3.91. The van der Waals surface area contributed by atoms with Crippen LogP contribution in [0, 0.1) is 6.92 Å². The predicted molar refractivity (Wildman–Crippen MR) is 66.1 cm³/mol. The summed E-state index contributed by atoms with van der Waals surface area (Å²) in [7, 11) is 1.91. The van der Waals surface area contributed by atoms with Gasteiger partial charge in [0.25, 0.3) is 0 Å². The van der Waals surface area contributed by atoms with E-state index in [2.05, 4.69) is 10.4 Å². The van der Waals surface area contributed by atoms with Crippen molar-refractivity contribution in [3.05, 3.63) is 41.7 Å². The molecule has 0 aliphatic heterocycles. The number of aromatic nitrogens is 2. The molecule has 2 aromatic rings. The van der Waals surface area contributed by atoms with Gasteiger partial charge in [-0.15, -0.1) is 0 Å². The van der Waals surface area contributed by atoms with Crippen molar-refractivity contribution >= 4 is 11.4 Å². The molecule has 0 saturated carbocycles. The number of nitrogens with two attached hydrogens (primary N) is 1. The number of rotatable bonds is 3. The van der Waals surface area contributed by atoms with Gasteiger partial charge in [-0.25, -0.2) is 0 Å².